The second kappa shape index (κ2) is 6.24. The first-order valence-corrected chi connectivity index (χ1v) is 7.76. The lowest BCUT2D eigenvalue weighted by molar-refractivity contribution is 0.0988. The van der Waals surface area contributed by atoms with Crippen LogP contribution in [-0.4, -0.2) is 21.3 Å². The van der Waals surface area contributed by atoms with E-state index < -0.39 is 0 Å². The van der Waals surface area contributed by atoms with E-state index in [4.69, 9.17) is 0 Å². The van der Waals surface area contributed by atoms with Gasteiger partial charge in [-0.1, -0.05) is 48.0 Å². The van der Waals surface area contributed by atoms with Crippen molar-refractivity contribution in [1.82, 2.24) is 9.78 Å². The van der Waals surface area contributed by atoms with Gasteiger partial charge in [-0.25, -0.2) is 4.68 Å². The molecular weight excluding hydrogens is 300 g/mol. The molecule has 3 aromatic rings. The highest BCUT2D eigenvalue weighted by Gasteiger charge is 2.25. The zero-order chi connectivity index (χ0) is 17.3. The molecule has 0 saturated carbocycles. The Bertz CT molecular complexity index is 907. The van der Waals surface area contributed by atoms with Gasteiger partial charge in [0.1, 0.15) is 5.69 Å². The van der Waals surface area contributed by atoms with Gasteiger partial charge in [0.05, 0.1) is 16.9 Å². The monoisotopic (exact) mass is 318 g/mol. The topological polar surface area (TPSA) is 52.0 Å². The number of hydrogen-bond acceptors (Lipinski definition) is 3. The number of ketones is 2. The highest BCUT2D eigenvalue weighted by Crippen LogP contribution is 2.21. The van der Waals surface area contributed by atoms with E-state index in [1.54, 1.807) is 16.8 Å². The molecule has 0 saturated heterocycles. The third-order valence-electron chi connectivity index (χ3n) is 4.00. The Morgan fingerprint density at radius 1 is 0.917 bits per heavy atom. The third kappa shape index (κ3) is 2.78. The van der Waals surface area contributed by atoms with Crippen LogP contribution in [0, 0.1) is 13.8 Å². The number of para-hydroxylation sites is 1. The van der Waals surface area contributed by atoms with Gasteiger partial charge in [0.2, 0.25) is 5.78 Å². The van der Waals surface area contributed by atoms with Crippen molar-refractivity contribution in [2.75, 3.05) is 0 Å². The van der Waals surface area contributed by atoms with Gasteiger partial charge >= 0.3 is 0 Å². The molecule has 0 aliphatic heterocycles. The molecular formula is C20H18N2O2. The summed E-state index contributed by atoms with van der Waals surface area (Å²) in [5, 5.41) is 4.45. The summed E-state index contributed by atoms with van der Waals surface area (Å²) in [5.41, 5.74) is 3.67. The van der Waals surface area contributed by atoms with Crippen LogP contribution in [0.5, 0.6) is 0 Å². The fraction of sp³-hybridized carbons (Fsp3) is 0.150. The molecule has 0 unspecified atom stereocenters. The zero-order valence-electron chi connectivity index (χ0n) is 13.9. The normalized spacial score (nSPS) is 10.6. The minimum Gasteiger partial charge on any atom is -0.294 e. The van der Waals surface area contributed by atoms with Crippen molar-refractivity contribution in [3.05, 3.63) is 82.7 Å². The van der Waals surface area contributed by atoms with Crippen LogP contribution in [0.15, 0.2) is 54.6 Å². The maximum absolute atomic E-state index is 12.9. The molecule has 4 nitrogen and oxygen atoms in total. The minimum atomic E-state index is -0.238. The quantitative estimate of drug-likeness (QED) is 0.685. The van der Waals surface area contributed by atoms with E-state index in [2.05, 4.69) is 5.10 Å². The largest absolute Gasteiger partial charge is 0.294 e. The van der Waals surface area contributed by atoms with Crippen molar-refractivity contribution in [3.63, 3.8) is 0 Å². The summed E-state index contributed by atoms with van der Waals surface area (Å²) in [4.78, 5) is 25.0. The molecule has 1 heterocycles. The molecule has 0 aliphatic carbocycles. The second-order valence-corrected chi connectivity index (χ2v) is 5.81. The molecule has 1 aromatic heterocycles. The van der Waals surface area contributed by atoms with E-state index in [-0.39, 0.29) is 17.3 Å². The maximum atomic E-state index is 12.9. The van der Waals surface area contributed by atoms with E-state index >= 15 is 0 Å². The van der Waals surface area contributed by atoms with Crippen LogP contribution < -0.4 is 0 Å². The first-order chi connectivity index (χ1) is 11.5. The van der Waals surface area contributed by atoms with E-state index in [1.165, 1.54) is 6.92 Å². The van der Waals surface area contributed by atoms with Gasteiger partial charge in [-0.05, 0) is 32.9 Å². The Labute approximate surface area is 140 Å². The highest BCUT2D eigenvalue weighted by molar-refractivity contribution is 6.14. The van der Waals surface area contributed by atoms with E-state index in [0.29, 0.717) is 16.8 Å². The number of nitrogens with zero attached hydrogens (tertiary/aromatic N) is 2. The molecule has 0 fully saturated rings. The number of rotatable bonds is 4. The van der Waals surface area contributed by atoms with Gasteiger partial charge in [0.25, 0.3) is 0 Å². The number of carbonyl (C=O) groups excluding carboxylic acids is 2. The van der Waals surface area contributed by atoms with Crippen molar-refractivity contribution >= 4 is 11.6 Å². The summed E-state index contributed by atoms with van der Waals surface area (Å²) in [6, 6.07) is 16.8. The lowest BCUT2D eigenvalue weighted by Crippen LogP contribution is -2.08. The minimum absolute atomic E-state index is 0.162. The lowest BCUT2D eigenvalue weighted by atomic mass is 10.0. The molecule has 0 N–H and O–H groups in total. The van der Waals surface area contributed by atoms with Crippen LogP contribution >= 0.6 is 0 Å². The van der Waals surface area contributed by atoms with Crippen LogP contribution in [0.25, 0.3) is 5.69 Å². The number of aromatic nitrogens is 2. The highest BCUT2D eigenvalue weighted by atomic mass is 16.1. The van der Waals surface area contributed by atoms with Crippen molar-refractivity contribution < 1.29 is 9.59 Å². The number of Topliss-reactive ketones (excluding diaryl/α,β-unsaturated/α-hetero) is 1. The average molecular weight is 318 g/mol. The molecule has 0 amide bonds. The van der Waals surface area contributed by atoms with Gasteiger partial charge in [0.15, 0.2) is 5.78 Å². The van der Waals surface area contributed by atoms with Crippen molar-refractivity contribution in [2.24, 2.45) is 0 Å². The number of carbonyl (C=O) groups is 2. The van der Waals surface area contributed by atoms with Gasteiger partial charge < -0.3 is 0 Å². The molecule has 2 aromatic carbocycles. The molecule has 24 heavy (non-hydrogen) atoms. The van der Waals surface area contributed by atoms with Crippen LogP contribution in [0.2, 0.25) is 0 Å². The first kappa shape index (κ1) is 15.9. The van der Waals surface area contributed by atoms with Gasteiger partial charge in [-0.2, -0.15) is 5.10 Å². The van der Waals surface area contributed by atoms with E-state index in [9.17, 15) is 9.59 Å². The second-order valence-electron chi connectivity index (χ2n) is 5.81. The molecule has 0 atom stereocenters. The lowest BCUT2D eigenvalue weighted by Gasteiger charge is -2.03. The van der Waals surface area contributed by atoms with Gasteiger partial charge in [-0.3, -0.25) is 9.59 Å². The predicted molar refractivity (Wildman–Crippen MR) is 92.9 cm³/mol. The number of benzene rings is 2. The number of hydrogen-bond donors (Lipinski definition) is 0. The summed E-state index contributed by atoms with van der Waals surface area (Å²) in [5.74, 6) is -0.400. The predicted octanol–water partition coefficient (Wildman–Crippen LogP) is 3.92. The maximum Gasteiger partial charge on any atom is 0.214 e. The first-order valence-electron chi connectivity index (χ1n) is 7.76. The Kier molecular flexibility index (Phi) is 4.13. The summed E-state index contributed by atoms with van der Waals surface area (Å²) in [7, 11) is 0. The molecule has 4 heteroatoms. The molecule has 0 radical (unpaired) electrons. The summed E-state index contributed by atoms with van der Waals surface area (Å²) >= 11 is 0. The fourth-order valence-electron chi connectivity index (χ4n) is 2.74. The molecule has 0 spiro atoms. The Hall–Kier alpha value is -3.01. The van der Waals surface area contributed by atoms with Gasteiger partial charge in [0, 0.05) is 5.56 Å². The van der Waals surface area contributed by atoms with Gasteiger partial charge in [-0.15, -0.1) is 0 Å². The average Bonchev–Trinajstić information content (AvgIpc) is 2.93. The Morgan fingerprint density at radius 2 is 1.54 bits per heavy atom. The van der Waals surface area contributed by atoms with Crippen molar-refractivity contribution in [1.29, 1.82) is 0 Å². The Balaban J connectivity index is 2.15. The van der Waals surface area contributed by atoms with Crippen molar-refractivity contribution in [2.45, 2.75) is 20.8 Å². The van der Waals surface area contributed by atoms with Crippen LogP contribution in [0.3, 0.4) is 0 Å². The van der Waals surface area contributed by atoms with E-state index in [0.717, 1.165) is 11.3 Å². The summed E-state index contributed by atoms with van der Waals surface area (Å²) in [6.07, 6.45) is 0. The van der Waals surface area contributed by atoms with Crippen LogP contribution in [0.1, 0.15) is 44.6 Å². The standard InChI is InChI=1S/C20H18N2O2/c1-13-9-11-16(12-10-13)20(24)19-18(15(3)23)14(2)22(21-19)17-7-5-4-6-8-17/h4-12H,1-3H3. The SMILES string of the molecule is CC(=O)c1c(C(=O)c2ccc(C)cc2)nn(-c2ccccc2)c1C. The van der Waals surface area contributed by atoms with Crippen molar-refractivity contribution in [3.8, 4) is 5.69 Å². The zero-order valence-corrected chi connectivity index (χ0v) is 13.9. The Morgan fingerprint density at radius 3 is 2.12 bits per heavy atom. The molecule has 0 aliphatic rings. The molecule has 0 bridgehead atoms. The van der Waals surface area contributed by atoms with E-state index in [1.807, 2.05) is 56.3 Å². The van der Waals surface area contributed by atoms with Crippen LogP contribution in [-0.2, 0) is 0 Å². The molecule has 3 rings (SSSR count). The fourth-order valence-corrected chi connectivity index (χ4v) is 2.74. The number of aryl methyl sites for hydroxylation is 1. The van der Waals surface area contributed by atoms with Crippen LogP contribution in [0.4, 0.5) is 0 Å². The summed E-state index contributed by atoms with van der Waals surface area (Å²) in [6.45, 7) is 5.23. The molecule has 120 valence electrons. The smallest absolute Gasteiger partial charge is 0.214 e. The third-order valence-corrected chi connectivity index (χ3v) is 4.00. The summed E-state index contributed by atoms with van der Waals surface area (Å²) < 4.78 is 1.65.